The zero-order chi connectivity index (χ0) is 22.1. The van der Waals surface area contributed by atoms with E-state index in [2.05, 4.69) is 17.9 Å². The van der Waals surface area contributed by atoms with Gasteiger partial charge in [-0.25, -0.2) is 4.68 Å². The number of hydrogen-bond donors (Lipinski definition) is 0. The van der Waals surface area contributed by atoms with Crippen LogP contribution in [0.25, 0.3) is 16.3 Å². The summed E-state index contributed by atoms with van der Waals surface area (Å²) in [4.78, 5) is 18.8. The molecule has 0 bridgehead atoms. The van der Waals surface area contributed by atoms with E-state index >= 15 is 0 Å². The highest BCUT2D eigenvalue weighted by Crippen LogP contribution is 2.27. The topological polar surface area (TPSA) is 41.4 Å². The van der Waals surface area contributed by atoms with Crippen LogP contribution in [0.5, 0.6) is 0 Å². The SMILES string of the molecule is Cc1ccc(-n2nc(-c3cccs3)cc2C(=O)N2CCN(c3cccc(Cl)c3)CC2)cc1. The lowest BCUT2D eigenvalue weighted by Crippen LogP contribution is -2.49. The molecule has 3 heterocycles. The van der Waals surface area contributed by atoms with Crippen molar-refractivity contribution in [2.75, 3.05) is 31.1 Å². The van der Waals surface area contributed by atoms with E-state index in [9.17, 15) is 4.79 Å². The Labute approximate surface area is 196 Å². The Bertz CT molecular complexity index is 1230. The highest BCUT2D eigenvalue weighted by Gasteiger charge is 2.26. The van der Waals surface area contributed by atoms with Gasteiger partial charge in [0.1, 0.15) is 11.4 Å². The monoisotopic (exact) mass is 462 g/mol. The van der Waals surface area contributed by atoms with Gasteiger partial charge in [-0.2, -0.15) is 5.10 Å². The molecule has 4 aromatic rings. The Kier molecular flexibility index (Phi) is 5.72. The molecule has 0 saturated carbocycles. The van der Waals surface area contributed by atoms with Crippen molar-refractivity contribution >= 4 is 34.5 Å². The lowest BCUT2D eigenvalue weighted by atomic mass is 10.2. The predicted molar refractivity (Wildman–Crippen MR) is 131 cm³/mol. The van der Waals surface area contributed by atoms with Crippen molar-refractivity contribution in [2.24, 2.45) is 0 Å². The minimum atomic E-state index is 0.00613. The Morgan fingerprint density at radius 3 is 2.41 bits per heavy atom. The van der Waals surface area contributed by atoms with Gasteiger partial charge < -0.3 is 9.80 Å². The number of aromatic nitrogens is 2. The van der Waals surface area contributed by atoms with Crippen molar-refractivity contribution in [1.82, 2.24) is 14.7 Å². The smallest absolute Gasteiger partial charge is 0.272 e. The van der Waals surface area contributed by atoms with E-state index in [0.717, 1.165) is 40.1 Å². The third-order valence-electron chi connectivity index (χ3n) is 5.72. The van der Waals surface area contributed by atoms with Crippen molar-refractivity contribution in [2.45, 2.75) is 6.92 Å². The van der Waals surface area contributed by atoms with Crippen LogP contribution in [0.1, 0.15) is 16.1 Å². The van der Waals surface area contributed by atoms with Crippen molar-refractivity contribution in [1.29, 1.82) is 0 Å². The molecule has 0 atom stereocenters. The number of hydrogen-bond acceptors (Lipinski definition) is 4. The second-order valence-corrected chi connectivity index (χ2v) is 9.28. The van der Waals surface area contributed by atoms with Crippen molar-refractivity contribution in [3.8, 4) is 16.3 Å². The Morgan fingerprint density at radius 2 is 1.72 bits per heavy atom. The highest BCUT2D eigenvalue weighted by atomic mass is 35.5. The summed E-state index contributed by atoms with van der Waals surface area (Å²) in [6.45, 7) is 4.89. The molecule has 2 aromatic carbocycles. The number of anilines is 1. The number of carbonyl (C=O) groups excluding carboxylic acids is 1. The van der Waals surface area contributed by atoms with Crippen LogP contribution in [0.15, 0.2) is 72.1 Å². The molecule has 162 valence electrons. The first-order valence-electron chi connectivity index (χ1n) is 10.6. The number of aryl methyl sites for hydroxylation is 1. The molecule has 0 radical (unpaired) electrons. The first-order valence-corrected chi connectivity index (χ1v) is 11.8. The Morgan fingerprint density at radius 1 is 0.938 bits per heavy atom. The van der Waals surface area contributed by atoms with E-state index in [0.29, 0.717) is 18.8 Å². The van der Waals surface area contributed by atoms with E-state index in [-0.39, 0.29) is 5.91 Å². The summed E-state index contributed by atoms with van der Waals surface area (Å²) in [5, 5.41) is 7.55. The fourth-order valence-electron chi connectivity index (χ4n) is 3.96. The maximum atomic E-state index is 13.6. The fourth-order valence-corrected chi connectivity index (χ4v) is 4.83. The zero-order valence-corrected chi connectivity index (χ0v) is 19.3. The summed E-state index contributed by atoms with van der Waals surface area (Å²) in [5.41, 5.74) is 4.56. The molecule has 1 amide bonds. The highest BCUT2D eigenvalue weighted by molar-refractivity contribution is 7.13. The zero-order valence-electron chi connectivity index (χ0n) is 17.7. The van der Waals surface area contributed by atoms with Gasteiger partial charge in [0.2, 0.25) is 0 Å². The molecule has 0 N–H and O–H groups in total. The second kappa shape index (κ2) is 8.81. The van der Waals surface area contributed by atoms with E-state index < -0.39 is 0 Å². The summed E-state index contributed by atoms with van der Waals surface area (Å²) in [6.07, 6.45) is 0. The summed E-state index contributed by atoms with van der Waals surface area (Å²) in [7, 11) is 0. The summed E-state index contributed by atoms with van der Waals surface area (Å²) in [6, 6.07) is 21.9. The number of halogens is 1. The molecular formula is C25H23ClN4OS. The van der Waals surface area contributed by atoms with Gasteiger partial charge in [0.25, 0.3) is 5.91 Å². The largest absolute Gasteiger partial charge is 0.368 e. The number of nitrogens with zero attached hydrogens (tertiary/aromatic N) is 4. The van der Waals surface area contributed by atoms with Gasteiger partial charge in [-0.1, -0.05) is 41.4 Å². The molecule has 1 saturated heterocycles. The molecule has 7 heteroatoms. The number of rotatable bonds is 4. The molecule has 32 heavy (non-hydrogen) atoms. The normalized spacial score (nSPS) is 14.1. The summed E-state index contributed by atoms with van der Waals surface area (Å²) < 4.78 is 1.78. The Hall–Kier alpha value is -3.09. The van der Waals surface area contributed by atoms with Crippen LogP contribution in [-0.2, 0) is 0 Å². The lowest BCUT2D eigenvalue weighted by Gasteiger charge is -2.36. The average molecular weight is 463 g/mol. The molecule has 0 spiro atoms. The van der Waals surface area contributed by atoms with Gasteiger partial charge in [0, 0.05) is 36.9 Å². The van der Waals surface area contributed by atoms with Crippen LogP contribution in [0.2, 0.25) is 5.02 Å². The van der Waals surface area contributed by atoms with Crippen molar-refractivity contribution < 1.29 is 4.79 Å². The van der Waals surface area contributed by atoms with Crippen molar-refractivity contribution in [3.63, 3.8) is 0 Å². The van der Waals surface area contributed by atoms with E-state index in [1.165, 1.54) is 5.56 Å². The molecule has 0 aliphatic carbocycles. The van der Waals surface area contributed by atoms with E-state index in [1.807, 2.05) is 70.9 Å². The van der Waals surface area contributed by atoms with Crippen LogP contribution in [0.4, 0.5) is 5.69 Å². The first-order chi connectivity index (χ1) is 15.6. The number of piperazine rings is 1. The molecule has 1 fully saturated rings. The second-order valence-electron chi connectivity index (χ2n) is 7.90. The van der Waals surface area contributed by atoms with Crippen molar-refractivity contribution in [3.05, 3.63) is 88.4 Å². The summed E-state index contributed by atoms with van der Waals surface area (Å²) >= 11 is 7.78. The van der Waals surface area contributed by atoms with Gasteiger partial charge >= 0.3 is 0 Å². The predicted octanol–water partition coefficient (Wildman–Crippen LogP) is 5.53. The standard InChI is InChI=1S/C25H23ClN4OS/c1-18-7-9-20(10-8-18)30-23(17-22(27-30)24-6-3-15-32-24)25(31)29-13-11-28(12-14-29)21-5-2-4-19(26)16-21/h2-10,15-17H,11-14H2,1H3. The number of carbonyl (C=O) groups is 1. The molecule has 5 rings (SSSR count). The van der Waals surface area contributed by atoms with Gasteiger partial charge in [0.05, 0.1) is 10.6 Å². The summed E-state index contributed by atoms with van der Waals surface area (Å²) in [5.74, 6) is 0.00613. The van der Waals surface area contributed by atoms with Gasteiger partial charge in [0.15, 0.2) is 0 Å². The van der Waals surface area contributed by atoms with Crippen LogP contribution in [-0.4, -0.2) is 46.8 Å². The van der Waals surface area contributed by atoms with Crippen LogP contribution in [0, 0.1) is 6.92 Å². The number of amides is 1. The Balaban J connectivity index is 1.41. The molecule has 0 unspecified atom stereocenters. The third-order valence-corrected chi connectivity index (χ3v) is 6.85. The van der Waals surface area contributed by atoms with Gasteiger partial charge in [-0.05, 0) is 54.8 Å². The number of thiophene rings is 1. The van der Waals surface area contributed by atoms with E-state index in [4.69, 9.17) is 16.7 Å². The molecule has 5 nitrogen and oxygen atoms in total. The van der Waals surface area contributed by atoms with Gasteiger partial charge in [-0.3, -0.25) is 4.79 Å². The van der Waals surface area contributed by atoms with Crippen LogP contribution >= 0.6 is 22.9 Å². The minimum absolute atomic E-state index is 0.00613. The molecule has 1 aliphatic rings. The first kappa shape index (κ1) is 20.8. The quantitative estimate of drug-likeness (QED) is 0.400. The van der Waals surface area contributed by atoms with Crippen LogP contribution < -0.4 is 4.90 Å². The third kappa shape index (κ3) is 4.16. The molecule has 1 aliphatic heterocycles. The van der Waals surface area contributed by atoms with Gasteiger partial charge in [-0.15, -0.1) is 11.3 Å². The number of benzene rings is 2. The maximum Gasteiger partial charge on any atom is 0.272 e. The van der Waals surface area contributed by atoms with E-state index in [1.54, 1.807) is 16.0 Å². The minimum Gasteiger partial charge on any atom is -0.368 e. The molecule has 2 aromatic heterocycles. The van der Waals surface area contributed by atoms with Crippen LogP contribution in [0.3, 0.4) is 0 Å². The maximum absolute atomic E-state index is 13.6. The fraction of sp³-hybridized carbons (Fsp3) is 0.200. The lowest BCUT2D eigenvalue weighted by molar-refractivity contribution is 0.0737. The molecular weight excluding hydrogens is 440 g/mol. The average Bonchev–Trinajstić information content (AvgIpc) is 3.50.